The second-order valence-electron chi connectivity index (χ2n) is 16.1. The molecule has 8 bridgehead atoms. The van der Waals surface area contributed by atoms with Crippen LogP contribution in [0.25, 0.3) is 89.7 Å². The number of hydrogen-bond donors (Lipinski definition) is 1. The summed E-state index contributed by atoms with van der Waals surface area (Å²) in [5, 5.41) is 0.373. The van der Waals surface area contributed by atoms with Crippen LogP contribution < -0.4 is 19.0 Å². The fraction of sp³-hybridized carbons (Fsp3) is 0.333. The van der Waals surface area contributed by atoms with E-state index in [2.05, 4.69) is 4.98 Å². The number of ether oxygens (including phenoxy) is 3. The lowest BCUT2D eigenvalue weighted by Crippen LogP contribution is -2.45. The van der Waals surface area contributed by atoms with Crippen LogP contribution in [0.1, 0.15) is 72.6 Å². The molecule has 5 heterocycles. The SMILES string of the molecule is CCCC(F)Oc1c(OC(F)(F)CCC)c(OC(F)(F)C(F)(F)CC)cc2c3nc4nc(nc5c6ccccc6c(nc6nc(nc([nH]3)c12)-c1ccccc1-6)n5OC(F)CCC)-c1ccccc1-4. The maximum Gasteiger partial charge on any atom is 0.464 e. The van der Waals surface area contributed by atoms with Crippen molar-refractivity contribution in [3.8, 4) is 62.8 Å². The molecule has 2 unspecified atom stereocenters. The molecule has 12 nitrogen and oxygen atoms in total. The fourth-order valence-corrected chi connectivity index (χ4v) is 7.90. The Morgan fingerprint density at radius 1 is 0.574 bits per heavy atom. The Balaban J connectivity index is 1.49. The molecule has 0 saturated carbocycles. The minimum atomic E-state index is -5.32. The van der Waals surface area contributed by atoms with Crippen molar-refractivity contribution >= 4 is 44.1 Å². The van der Waals surface area contributed by atoms with E-state index in [9.17, 15) is 8.78 Å². The van der Waals surface area contributed by atoms with Crippen LogP contribution in [-0.2, 0) is 0 Å². The Morgan fingerprint density at radius 3 is 1.59 bits per heavy atom. The van der Waals surface area contributed by atoms with Gasteiger partial charge in [-0.1, -0.05) is 100 Å². The molecule has 2 atom stereocenters. The number of nitrogens with zero attached hydrogens (tertiary/aromatic N) is 7. The molecule has 4 aromatic carbocycles. The van der Waals surface area contributed by atoms with Gasteiger partial charge in [0.05, 0.1) is 11.8 Å². The summed E-state index contributed by atoms with van der Waals surface area (Å²) in [6.07, 6.45) is -15.8. The Bertz CT molecular complexity index is 3240. The topological polar surface area (TPSA) is 135 Å². The van der Waals surface area contributed by atoms with Gasteiger partial charge < -0.3 is 24.0 Å². The largest absolute Gasteiger partial charge is 0.464 e. The second kappa shape index (κ2) is 17.8. The number of aromatic nitrogens is 8. The summed E-state index contributed by atoms with van der Waals surface area (Å²) >= 11 is 0. The molecule has 2 aliphatic heterocycles. The third kappa shape index (κ3) is 8.33. The molecule has 9 rings (SSSR count). The number of halogens is 8. The number of fused-ring (bicyclic) bond motifs is 20. The average Bonchev–Trinajstić information content (AvgIpc) is 4.02. The van der Waals surface area contributed by atoms with Gasteiger partial charge in [-0.05, 0) is 25.3 Å². The minimum Gasteiger partial charge on any atom is -0.456 e. The second-order valence-corrected chi connectivity index (χ2v) is 16.1. The van der Waals surface area contributed by atoms with Crippen LogP contribution in [0.15, 0.2) is 78.9 Å². The van der Waals surface area contributed by atoms with Gasteiger partial charge in [0.2, 0.25) is 12.1 Å². The molecule has 0 radical (unpaired) electrons. The lowest BCUT2D eigenvalue weighted by atomic mass is 10.1. The monoisotopic (exact) mass is 946 g/mol. The first-order valence-corrected chi connectivity index (χ1v) is 22.0. The normalized spacial score (nSPS) is 13.6. The van der Waals surface area contributed by atoms with Crippen molar-refractivity contribution in [3.05, 3.63) is 78.9 Å². The number of rotatable bonds is 16. The van der Waals surface area contributed by atoms with Crippen molar-refractivity contribution in [1.82, 2.24) is 39.6 Å². The van der Waals surface area contributed by atoms with Crippen LogP contribution in [-0.4, -0.2) is 70.5 Å². The Kier molecular flexibility index (Phi) is 12.1. The van der Waals surface area contributed by atoms with Gasteiger partial charge in [0, 0.05) is 57.7 Å². The molecule has 20 heteroatoms. The van der Waals surface area contributed by atoms with E-state index < -0.39 is 60.9 Å². The fourth-order valence-electron chi connectivity index (χ4n) is 7.90. The molecule has 1 N–H and O–H groups in total. The number of alkyl halides is 8. The molecule has 7 aromatic rings. The Hall–Kier alpha value is -7.12. The highest BCUT2D eigenvalue weighted by molar-refractivity contribution is 6.11. The molecule has 0 spiro atoms. The molecule has 2 aliphatic rings. The van der Waals surface area contributed by atoms with Crippen molar-refractivity contribution in [1.29, 1.82) is 0 Å². The van der Waals surface area contributed by atoms with Crippen LogP contribution in [0.3, 0.4) is 0 Å². The van der Waals surface area contributed by atoms with Gasteiger partial charge in [0.15, 0.2) is 46.1 Å². The predicted octanol–water partition coefficient (Wildman–Crippen LogP) is 13.1. The maximum absolute atomic E-state index is 15.9. The van der Waals surface area contributed by atoms with Gasteiger partial charge >= 0.3 is 18.1 Å². The summed E-state index contributed by atoms with van der Waals surface area (Å²) in [4.78, 5) is 38.0. The van der Waals surface area contributed by atoms with Gasteiger partial charge in [-0.2, -0.15) is 30.7 Å². The predicted molar refractivity (Wildman–Crippen MR) is 238 cm³/mol. The summed E-state index contributed by atoms with van der Waals surface area (Å²) in [7, 11) is 0. The zero-order valence-electron chi connectivity index (χ0n) is 36.9. The molecule has 0 fully saturated rings. The van der Waals surface area contributed by atoms with Crippen molar-refractivity contribution in [2.24, 2.45) is 0 Å². The van der Waals surface area contributed by atoms with E-state index in [0.29, 0.717) is 39.4 Å². The van der Waals surface area contributed by atoms with Gasteiger partial charge in [-0.15, -0.1) is 4.73 Å². The van der Waals surface area contributed by atoms with E-state index in [1.807, 2.05) is 0 Å². The highest BCUT2D eigenvalue weighted by Crippen LogP contribution is 2.52. The van der Waals surface area contributed by atoms with Crippen LogP contribution in [0.5, 0.6) is 17.2 Å². The third-order valence-electron chi connectivity index (χ3n) is 11.2. The number of aromatic amines is 1. The van der Waals surface area contributed by atoms with Gasteiger partial charge in [-0.25, -0.2) is 34.3 Å². The van der Waals surface area contributed by atoms with Gasteiger partial charge in [0.25, 0.3) is 6.36 Å². The lowest BCUT2D eigenvalue weighted by molar-refractivity contribution is -0.310. The first-order valence-electron chi connectivity index (χ1n) is 22.0. The van der Waals surface area contributed by atoms with Crippen LogP contribution >= 0.6 is 0 Å². The molecule has 68 heavy (non-hydrogen) atoms. The highest BCUT2D eigenvalue weighted by atomic mass is 19.3. The number of benzene rings is 4. The van der Waals surface area contributed by atoms with E-state index in [1.54, 1.807) is 86.6 Å². The molecule has 3 aromatic heterocycles. The van der Waals surface area contributed by atoms with Crippen LogP contribution in [0.4, 0.5) is 35.1 Å². The molecule has 0 amide bonds. The number of hydrogen-bond acceptors (Lipinski definition) is 10. The van der Waals surface area contributed by atoms with Crippen molar-refractivity contribution in [2.45, 2.75) is 103 Å². The van der Waals surface area contributed by atoms with E-state index in [0.717, 1.165) is 13.0 Å². The molecular weight excluding hydrogens is 905 g/mol. The zero-order chi connectivity index (χ0) is 48.1. The van der Waals surface area contributed by atoms with E-state index in [1.165, 1.54) is 11.7 Å². The Morgan fingerprint density at radius 2 is 1.07 bits per heavy atom. The van der Waals surface area contributed by atoms with Crippen LogP contribution in [0, 0.1) is 0 Å². The van der Waals surface area contributed by atoms with Gasteiger partial charge in [-0.3, -0.25) is 0 Å². The summed E-state index contributed by atoms with van der Waals surface area (Å²) in [5.74, 6) is -8.36. The average molecular weight is 947 g/mol. The van der Waals surface area contributed by atoms with E-state index in [4.69, 9.17) is 49.0 Å². The van der Waals surface area contributed by atoms with Crippen molar-refractivity contribution in [2.75, 3.05) is 0 Å². The number of H-pyrrole nitrogens is 1. The standard InChI is InChI=1S/C48H42F8N8O4/c1-5-15-33(49)65-37-35-31(24-32(36(37)67-47(53,54)23-7-3)66-48(55,56)46(51,52)8-4)42-59-38-25-17-9-11-19-27(25)40(57-38)62-44-29-21-13-14-22-30(29)45(64(44)68-34(50)16-6-2)63-41-28-20-12-10-18-26(28)39(58-41)60-43(35)61-42/h9-14,17-22,24,33-34H,5-8,15-16,23H2,1-4H3,(H,57,58,59,60,61,62,63). The summed E-state index contributed by atoms with van der Waals surface area (Å²) in [5.41, 5.74) is 1.32. The molecule has 0 saturated heterocycles. The molecular formula is C48H42F8N8O4. The maximum atomic E-state index is 15.9. The van der Waals surface area contributed by atoms with Crippen molar-refractivity contribution < 1.29 is 54.2 Å². The van der Waals surface area contributed by atoms with Crippen LogP contribution in [0.2, 0.25) is 0 Å². The number of nitrogens with one attached hydrogen (secondary N) is 1. The molecule has 354 valence electrons. The quantitative estimate of drug-likeness (QED) is 0.0933. The Labute approximate surface area is 382 Å². The first kappa shape index (κ1) is 46.0. The van der Waals surface area contributed by atoms with E-state index >= 15 is 26.3 Å². The minimum absolute atomic E-state index is 0.0289. The van der Waals surface area contributed by atoms with Gasteiger partial charge in [0.1, 0.15) is 11.3 Å². The lowest BCUT2D eigenvalue weighted by Gasteiger charge is -2.28. The third-order valence-corrected chi connectivity index (χ3v) is 11.2. The summed E-state index contributed by atoms with van der Waals surface area (Å²) < 4.78 is 141. The zero-order valence-corrected chi connectivity index (χ0v) is 36.9. The smallest absolute Gasteiger partial charge is 0.456 e. The summed E-state index contributed by atoms with van der Waals surface area (Å²) in [6.45, 7) is 5.59. The highest BCUT2D eigenvalue weighted by Gasteiger charge is 2.58. The molecule has 0 aliphatic carbocycles. The van der Waals surface area contributed by atoms with E-state index in [-0.39, 0.29) is 82.3 Å². The summed E-state index contributed by atoms with van der Waals surface area (Å²) in [6, 6.07) is 21.3. The first-order chi connectivity index (χ1) is 32.6. The van der Waals surface area contributed by atoms with Crippen molar-refractivity contribution in [3.63, 3.8) is 0 Å².